The van der Waals surface area contributed by atoms with Gasteiger partial charge in [-0.1, -0.05) is 6.07 Å². The smallest absolute Gasteiger partial charge is 0.416 e. The fraction of sp³-hybridized carbons (Fsp3) is 0.0952. The second-order valence-corrected chi connectivity index (χ2v) is 6.65. The topological polar surface area (TPSA) is 123 Å². The molecule has 1 heterocycles. The third kappa shape index (κ3) is 6.03. The highest BCUT2D eigenvalue weighted by atomic mass is 19.4. The summed E-state index contributed by atoms with van der Waals surface area (Å²) in [6, 6.07) is 9.34. The van der Waals surface area contributed by atoms with Crippen molar-refractivity contribution in [3.05, 3.63) is 87.9 Å². The quantitative estimate of drug-likeness (QED) is 0.219. The van der Waals surface area contributed by atoms with Crippen LogP contribution in [-0.2, 0) is 15.7 Å². The summed E-state index contributed by atoms with van der Waals surface area (Å²) in [4.78, 5) is 38.4. The van der Waals surface area contributed by atoms with Gasteiger partial charge in [0.15, 0.2) is 6.61 Å². The molecule has 3 rings (SSSR count). The molecule has 34 heavy (non-hydrogen) atoms. The van der Waals surface area contributed by atoms with Gasteiger partial charge in [-0.3, -0.25) is 14.9 Å². The number of hydrogen-bond donors (Lipinski definition) is 2. The van der Waals surface area contributed by atoms with E-state index in [-0.39, 0.29) is 17.1 Å². The standard InChI is InChI=1S/C21H14F4N4O5/c22-16-7-6-14(29(32)33)10-17(16)28-18(30)11-34-20(31)15-5-2-8-26-19(15)27-13-4-1-3-12(9-13)21(23,24)25/h1-10H,11H2,(H,26,27)(H,28,30). The Balaban J connectivity index is 1.68. The van der Waals surface area contributed by atoms with E-state index in [9.17, 15) is 37.3 Å². The number of nitrogens with one attached hydrogen (secondary N) is 2. The van der Waals surface area contributed by atoms with Gasteiger partial charge in [0, 0.05) is 24.0 Å². The number of nitrogens with zero attached hydrogens (tertiary/aromatic N) is 2. The summed E-state index contributed by atoms with van der Waals surface area (Å²) in [6.45, 7) is -0.876. The van der Waals surface area contributed by atoms with E-state index in [4.69, 9.17) is 4.74 Å². The largest absolute Gasteiger partial charge is 0.452 e. The second kappa shape index (κ2) is 9.94. The Morgan fingerprint density at radius 1 is 1.09 bits per heavy atom. The SMILES string of the molecule is O=C(COC(=O)c1cccnc1Nc1cccc(C(F)(F)F)c1)Nc1cc([N+](=O)[O-])ccc1F. The molecular formula is C21H14F4N4O5. The molecule has 0 atom stereocenters. The van der Waals surface area contributed by atoms with Gasteiger partial charge in [-0.2, -0.15) is 13.2 Å². The molecule has 2 N–H and O–H groups in total. The van der Waals surface area contributed by atoms with Crippen LogP contribution in [-0.4, -0.2) is 28.4 Å². The Morgan fingerprint density at radius 3 is 2.56 bits per heavy atom. The molecule has 2 aromatic carbocycles. The van der Waals surface area contributed by atoms with Crippen LogP contribution < -0.4 is 10.6 Å². The fourth-order valence-corrected chi connectivity index (χ4v) is 2.70. The van der Waals surface area contributed by atoms with E-state index < -0.39 is 52.3 Å². The maximum absolute atomic E-state index is 13.8. The Bertz CT molecular complexity index is 1250. The van der Waals surface area contributed by atoms with E-state index in [1.54, 1.807) is 0 Å². The van der Waals surface area contributed by atoms with E-state index in [2.05, 4.69) is 15.6 Å². The van der Waals surface area contributed by atoms with Gasteiger partial charge in [0.25, 0.3) is 11.6 Å². The summed E-state index contributed by atoms with van der Waals surface area (Å²) in [5.41, 5.74) is -2.05. The molecule has 9 nitrogen and oxygen atoms in total. The number of rotatable bonds is 7. The minimum Gasteiger partial charge on any atom is -0.452 e. The third-order valence-corrected chi connectivity index (χ3v) is 4.25. The van der Waals surface area contributed by atoms with Crippen molar-refractivity contribution in [1.82, 2.24) is 4.98 Å². The predicted octanol–water partition coefficient (Wildman–Crippen LogP) is 4.69. The first-order valence-corrected chi connectivity index (χ1v) is 9.35. The Labute approximate surface area is 188 Å². The van der Waals surface area contributed by atoms with Gasteiger partial charge in [-0.15, -0.1) is 0 Å². The monoisotopic (exact) mass is 478 g/mol. The number of hydrogen-bond acceptors (Lipinski definition) is 7. The summed E-state index contributed by atoms with van der Waals surface area (Å²) in [5, 5.41) is 15.4. The number of alkyl halides is 3. The molecule has 176 valence electrons. The number of carbonyl (C=O) groups is 2. The van der Waals surface area contributed by atoms with Crippen LogP contribution in [0.25, 0.3) is 0 Å². The summed E-state index contributed by atoms with van der Waals surface area (Å²) in [7, 11) is 0. The molecule has 0 radical (unpaired) electrons. The highest BCUT2D eigenvalue weighted by Crippen LogP contribution is 2.31. The molecule has 0 aliphatic rings. The van der Waals surface area contributed by atoms with Crippen molar-refractivity contribution >= 4 is 34.8 Å². The molecule has 0 saturated carbocycles. The summed E-state index contributed by atoms with van der Waals surface area (Å²) in [6.07, 6.45) is -3.29. The molecule has 0 bridgehead atoms. The number of aromatic nitrogens is 1. The van der Waals surface area contributed by atoms with Crippen molar-refractivity contribution in [3.8, 4) is 0 Å². The van der Waals surface area contributed by atoms with Crippen LogP contribution in [0.15, 0.2) is 60.8 Å². The summed E-state index contributed by atoms with van der Waals surface area (Å²) in [5.74, 6) is -3.09. The maximum atomic E-state index is 13.8. The van der Waals surface area contributed by atoms with Crippen LogP contribution in [0.1, 0.15) is 15.9 Å². The van der Waals surface area contributed by atoms with Crippen LogP contribution in [0.4, 0.5) is 40.4 Å². The number of halogens is 4. The maximum Gasteiger partial charge on any atom is 0.416 e. The van der Waals surface area contributed by atoms with Crippen molar-refractivity contribution in [3.63, 3.8) is 0 Å². The first-order chi connectivity index (χ1) is 16.0. The summed E-state index contributed by atoms with van der Waals surface area (Å²) < 4.78 is 57.4. The molecule has 13 heteroatoms. The van der Waals surface area contributed by atoms with Crippen molar-refractivity contribution in [2.24, 2.45) is 0 Å². The first kappa shape index (κ1) is 24.1. The van der Waals surface area contributed by atoms with E-state index in [1.165, 1.54) is 30.5 Å². The molecule has 0 aliphatic carbocycles. The second-order valence-electron chi connectivity index (χ2n) is 6.65. The van der Waals surface area contributed by atoms with Crippen LogP contribution in [0.2, 0.25) is 0 Å². The number of amides is 1. The number of benzene rings is 2. The average molecular weight is 478 g/mol. The lowest BCUT2D eigenvalue weighted by Crippen LogP contribution is -2.22. The first-order valence-electron chi connectivity index (χ1n) is 9.35. The van der Waals surface area contributed by atoms with Gasteiger partial charge >= 0.3 is 12.1 Å². The Morgan fingerprint density at radius 2 is 1.85 bits per heavy atom. The number of anilines is 3. The highest BCUT2D eigenvalue weighted by Gasteiger charge is 2.30. The highest BCUT2D eigenvalue weighted by molar-refractivity contribution is 5.98. The molecule has 1 amide bonds. The van der Waals surface area contributed by atoms with Crippen LogP contribution in [0.5, 0.6) is 0 Å². The van der Waals surface area contributed by atoms with Crippen LogP contribution >= 0.6 is 0 Å². The van der Waals surface area contributed by atoms with Gasteiger partial charge in [0.05, 0.1) is 16.2 Å². The lowest BCUT2D eigenvalue weighted by molar-refractivity contribution is -0.384. The van der Waals surface area contributed by atoms with Gasteiger partial charge < -0.3 is 15.4 Å². The Hall–Kier alpha value is -4.55. The molecule has 0 unspecified atom stereocenters. The van der Waals surface area contributed by atoms with Crippen molar-refractivity contribution in [1.29, 1.82) is 0 Å². The zero-order valence-corrected chi connectivity index (χ0v) is 16.9. The van der Waals surface area contributed by atoms with E-state index in [0.29, 0.717) is 0 Å². The summed E-state index contributed by atoms with van der Waals surface area (Å²) >= 11 is 0. The fourth-order valence-electron chi connectivity index (χ4n) is 2.70. The minimum absolute atomic E-state index is 0.00136. The van der Waals surface area contributed by atoms with E-state index in [0.717, 1.165) is 30.3 Å². The Kier molecular flexibility index (Phi) is 7.04. The van der Waals surface area contributed by atoms with Gasteiger partial charge in [0.1, 0.15) is 17.2 Å². The third-order valence-electron chi connectivity index (χ3n) is 4.25. The molecule has 0 saturated heterocycles. The number of carbonyl (C=O) groups excluding carboxylic acids is 2. The van der Waals surface area contributed by atoms with Crippen molar-refractivity contribution in [2.75, 3.05) is 17.2 Å². The van der Waals surface area contributed by atoms with E-state index in [1.807, 2.05) is 0 Å². The van der Waals surface area contributed by atoms with Gasteiger partial charge in [-0.05, 0) is 36.4 Å². The zero-order valence-electron chi connectivity index (χ0n) is 16.9. The molecule has 0 fully saturated rings. The van der Waals surface area contributed by atoms with Gasteiger partial charge in [-0.25, -0.2) is 14.2 Å². The van der Waals surface area contributed by atoms with Crippen molar-refractivity contribution < 1.29 is 36.8 Å². The molecule has 1 aromatic heterocycles. The number of nitro benzene ring substituents is 1. The van der Waals surface area contributed by atoms with Crippen LogP contribution in [0, 0.1) is 15.9 Å². The normalized spacial score (nSPS) is 10.9. The number of ether oxygens (including phenoxy) is 1. The van der Waals surface area contributed by atoms with Crippen LogP contribution in [0.3, 0.4) is 0 Å². The number of pyridine rings is 1. The minimum atomic E-state index is -4.57. The molecular weight excluding hydrogens is 464 g/mol. The average Bonchev–Trinajstić information content (AvgIpc) is 2.79. The number of esters is 1. The number of non-ortho nitro benzene ring substituents is 1. The molecule has 0 aliphatic heterocycles. The zero-order chi connectivity index (χ0) is 24.9. The molecule has 0 spiro atoms. The van der Waals surface area contributed by atoms with E-state index >= 15 is 0 Å². The lowest BCUT2D eigenvalue weighted by Gasteiger charge is -2.13. The lowest BCUT2D eigenvalue weighted by atomic mass is 10.2. The van der Waals surface area contributed by atoms with Crippen molar-refractivity contribution in [2.45, 2.75) is 6.18 Å². The number of nitro groups is 1. The molecule has 3 aromatic rings. The predicted molar refractivity (Wildman–Crippen MR) is 111 cm³/mol. The van der Waals surface area contributed by atoms with Gasteiger partial charge in [0.2, 0.25) is 0 Å².